The first kappa shape index (κ1) is 26.7. The molecule has 0 aromatic heterocycles. The number of esters is 1. The summed E-state index contributed by atoms with van der Waals surface area (Å²) in [4.78, 5) is 39.7. The van der Waals surface area contributed by atoms with Gasteiger partial charge in [0, 0.05) is 18.2 Å². The lowest BCUT2D eigenvalue weighted by Crippen LogP contribution is -2.29. The second-order valence-corrected chi connectivity index (χ2v) is 9.71. The van der Waals surface area contributed by atoms with Gasteiger partial charge in [0.15, 0.2) is 0 Å². The maximum atomic E-state index is 13.5. The lowest BCUT2D eigenvalue weighted by molar-refractivity contribution is -0.132. The number of carbonyl (C=O) groups is 3. The number of anilines is 1. The number of hydrogen-bond donors (Lipinski definition) is 1. The molecule has 3 aromatic carbocycles. The number of methoxy groups -OCH3 is 1. The normalized spacial score (nSPS) is 16.7. The van der Waals surface area contributed by atoms with Crippen molar-refractivity contribution >= 4 is 29.1 Å². The molecule has 3 aromatic rings. The van der Waals surface area contributed by atoms with E-state index in [2.05, 4.69) is 0 Å². The zero-order valence-corrected chi connectivity index (χ0v) is 22.4. The van der Waals surface area contributed by atoms with E-state index in [4.69, 9.17) is 9.47 Å². The summed E-state index contributed by atoms with van der Waals surface area (Å²) in [5.74, 6) is -1.14. The van der Waals surface area contributed by atoms with Crippen LogP contribution in [0.2, 0.25) is 0 Å². The van der Waals surface area contributed by atoms with Crippen LogP contribution >= 0.6 is 0 Å². The van der Waals surface area contributed by atoms with Crippen molar-refractivity contribution in [3.63, 3.8) is 0 Å². The largest absolute Gasteiger partial charge is 0.507 e. The molecule has 7 nitrogen and oxygen atoms in total. The Labute approximate surface area is 222 Å². The Morgan fingerprint density at radius 2 is 1.63 bits per heavy atom. The Kier molecular flexibility index (Phi) is 7.39. The molecule has 0 radical (unpaired) electrons. The SMILES string of the molecule is COc1ccc(/C(O)=C2/C(=O)C(=O)N(c3ccc(C)c(C)c3)C2c2ccc(OC(C)=O)cc2)cc1C(C)C. The van der Waals surface area contributed by atoms with E-state index in [1.165, 1.54) is 11.8 Å². The van der Waals surface area contributed by atoms with Gasteiger partial charge in [-0.05, 0) is 84.5 Å². The van der Waals surface area contributed by atoms with Crippen LogP contribution in [0.5, 0.6) is 11.5 Å². The fourth-order valence-electron chi connectivity index (χ4n) is 4.66. The molecule has 1 fully saturated rings. The smallest absolute Gasteiger partial charge is 0.308 e. The lowest BCUT2D eigenvalue weighted by atomic mass is 9.93. The first-order valence-electron chi connectivity index (χ1n) is 12.4. The number of rotatable bonds is 6. The van der Waals surface area contributed by atoms with Gasteiger partial charge < -0.3 is 14.6 Å². The van der Waals surface area contributed by atoms with E-state index < -0.39 is 23.7 Å². The van der Waals surface area contributed by atoms with Crippen LogP contribution in [0.4, 0.5) is 5.69 Å². The molecule has 7 heteroatoms. The van der Waals surface area contributed by atoms with Crippen LogP contribution in [0.15, 0.2) is 66.2 Å². The van der Waals surface area contributed by atoms with Crippen molar-refractivity contribution < 1.29 is 29.0 Å². The highest BCUT2D eigenvalue weighted by atomic mass is 16.5. The van der Waals surface area contributed by atoms with Crippen molar-refractivity contribution in [2.75, 3.05) is 12.0 Å². The molecular formula is C31H31NO6. The first-order valence-corrected chi connectivity index (χ1v) is 12.4. The molecule has 0 aliphatic carbocycles. The van der Waals surface area contributed by atoms with Gasteiger partial charge in [-0.25, -0.2) is 0 Å². The number of aliphatic hydroxyl groups excluding tert-OH is 1. The minimum Gasteiger partial charge on any atom is -0.507 e. The number of carbonyl (C=O) groups excluding carboxylic acids is 3. The van der Waals surface area contributed by atoms with Gasteiger partial charge in [-0.2, -0.15) is 0 Å². The zero-order chi connectivity index (χ0) is 27.7. The van der Waals surface area contributed by atoms with E-state index >= 15 is 0 Å². The fourth-order valence-corrected chi connectivity index (χ4v) is 4.66. The van der Waals surface area contributed by atoms with Crippen LogP contribution in [0, 0.1) is 13.8 Å². The second-order valence-electron chi connectivity index (χ2n) is 9.71. The summed E-state index contributed by atoms with van der Waals surface area (Å²) in [6.07, 6.45) is 0. The number of Topliss-reactive ketones (excluding diaryl/α,β-unsaturated/α-hetero) is 1. The number of ether oxygens (including phenoxy) is 2. The summed E-state index contributed by atoms with van der Waals surface area (Å²) in [6, 6.07) is 16.4. The molecular weight excluding hydrogens is 482 g/mol. The van der Waals surface area contributed by atoms with Crippen LogP contribution in [0.3, 0.4) is 0 Å². The van der Waals surface area contributed by atoms with Crippen LogP contribution < -0.4 is 14.4 Å². The summed E-state index contributed by atoms with van der Waals surface area (Å²) in [7, 11) is 1.58. The molecule has 0 spiro atoms. The average molecular weight is 514 g/mol. The first-order chi connectivity index (χ1) is 18.0. The standard InChI is InChI=1S/C31H31NO6/c1-17(2)25-16-22(10-14-26(25)37-6)29(34)27-28(21-8-12-24(13-9-21)38-20(5)33)32(31(36)30(27)35)23-11-7-18(3)19(4)15-23/h7-17,28,34H,1-6H3/b29-27-. The Hall–Kier alpha value is -4.39. The molecule has 1 aliphatic rings. The van der Waals surface area contributed by atoms with Crippen LogP contribution in [-0.4, -0.2) is 29.9 Å². The van der Waals surface area contributed by atoms with Gasteiger partial charge in [0.05, 0.1) is 18.7 Å². The van der Waals surface area contributed by atoms with Crippen molar-refractivity contribution in [1.29, 1.82) is 0 Å². The van der Waals surface area contributed by atoms with Gasteiger partial charge in [-0.15, -0.1) is 0 Å². The highest BCUT2D eigenvalue weighted by Crippen LogP contribution is 2.43. The van der Waals surface area contributed by atoms with Gasteiger partial charge in [0.1, 0.15) is 17.3 Å². The van der Waals surface area contributed by atoms with Crippen molar-refractivity contribution in [3.05, 3.63) is 94.1 Å². The molecule has 4 rings (SSSR count). The molecule has 1 heterocycles. The maximum absolute atomic E-state index is 13.5. The summed E-state index contributed by atoms with van der Waals surface area (Å²) >= 11 is 0. The molecule has 0 bridgehead atoms. The quantitative estimate of drug-likeness (QED) is 0.143. The number of ketones is 1. The average Bonchev–Trinajstić information content (AvgIpc) is 3.15. The van der Waals surface area contributed by atoms with Crippen molar-refractivity contribution in [3.8, 4) is 11.5 Å². The minimum atomic E-state index is -0.895. The van der Waals surface area contributed by atoms with Crippen LogP contribution in [-0.2, 0) is 14.4 Å². The third kappa shape index (κ3) is 4.92. The summed E-state index contributed by atoms with van der Waals surface area (Å²) in [5.41, 5.74) is 4.39. The topological polar surface area (TPSA) is 93.1 Å². The van der Waals surface area contributed by atoms with Crippen LogP contribution in [0.25, 0.3) is 5.76 Å². The van der Waals surface area contributed by atoms with E-state index in [1.54, 1.807) is 55.6 Å². The van der Waals surface area contributed by atoms with Gasteiger partial charge in [-0.3, -0.25) is 19.3 Å². The Morgan fingerprint density at radius 3 is 2.21 bits per heavy atom. The van der Waals surface area contributed by atoms with E-state index in [0.29, 0.717) is 28.3 Å². The molecule has 1 saturated heterocycles. The third-order valence-electron chi connectivity index (χ3n) is 6.80. The number of benzene rings is 3. The van der Waals surface area contributed by atoms with Gasteiger partial charge in [0.2, 0.25) is 0 Å². The monoisotopic (exact) mass is 513 g/mol. The molecule has 196 valence electrons. The summed E-state index contributed by atoms with van der Waals surface area (Å²) in [5, 5.41) is 11.5. The van der Waals surface area contributed by atoms with Crippen molar-refractivity contribution in [2.24, 2.45) is 0 Å². The highest BCUT2D eigenvalue weighted by molar-refractivity contribution is 6.51. The third-order valence-corrected chi connectivity index (χ3v) is 6.80. The zero-order valence-electron chi connectivity index (χ0n) is 22.4. The molecule has 1 amide bonds. The van der Waals surface area contributed by atoms with E-state index in [9.17, 15) is 19.5 Å². The Bertz CT molecular complexity index is 1450. The van der Waals surface area contributed by atoms with E-state index in [1.807, 2.05) is 39.8 Å². The molecule has 38 heavy (non-hydrogen) atoms. The number of aliphatic hydroxyl groups is 1. The van der Waals surface area contributed by atoms with Gasteiger partial charge in [0.25, 0.3) is 11.7 Å². The number of hydrogen-bond acceptors (Lipinski definition) is 6. The molecule has 1 N–H and O–H groups in total. The number of amides is 1. The van der Waals surface area contributed by atoms with Gasteiger partial charge >= 0.3 is 5.97 Å². The predicted octanol–water partition coefficient (Wildman–Crippen LogP) is 5.99. The van der Waals surface area contributed by atoms with Crippen molar-refractivity contribution in [1.82, 2.24) is 0 Å². The van der Waals surface area contributed by atoms with E-state index in [-0.39, 0.29) is 17.3 Å². The fraction of sp³-hybridized carbons (Fsp3) is 0.258. The number of nitrogens with zero attached hydrogens (tertiary/aromatic N) is 1. The Balaban J connectivity index is 1.93. The second kappa shape index (κ2) is 10.5. The van der Waals surface area contributed by atoms with E-state index in [0.717, 1.165) is 16.7 Å². The predicted molar refractivity (Wildman–Crippen MR) is 146 cm³/mol. The van der Waals surface area contributed by atoms with Crippen molar-refractivity contribution in [2.45, 2.75) is 46.6 Å². The molecule has 1 unspecified atom stereocenters. The molecule has 1 atom stereocenters. The molecule has 0 saturated carbocycles. The maximum Gasteiger partial charge on any atom is 0.308 e. The summed E-state index contributed by atoms with van der Waals surface area (Å²) in [6.45, 7) is 9.22. The van der Waals surface area contributed by atoms with Gasteiger partial charge in [-0.1, -0.05) is 32.0 Å². The van der Waals surface area contributed by atoms with Crippen LogP contribution in [0.1, 0.15) is 60.5 Å². The number of aryl methyl sites for hydroxylation is 2. The lowest BCUT2D eigenvalue weighted by Gasteiger charge is -2.26. The minimum absolute atomic E-state index is 0.0201. The summed E-state index contributed by atoms with van der Waals surface area (Å²) < 4.78 is 10.6. The Morgan fingerprint density at radius 1 is 0.947 bits per heavy atom. The highest BCUT2D eigenvalue weighted by Gasteiger charge is 2.47. The molecule has 1 aliphatic heterocycles.